The summed E-state index contributed by atoms with van der Waals surface area (Å²) >= 11 is 1.65. The highest BCUT2D eigenvalue weighted by Crippen LogP contribution is 2.56. The Labute approximate surface area is 101 Å². The first-order valence-electron chi connectivity index (χ1n) is 5.85. The molecule has 2 atom stereocenters. The van der Waals surface area contributed by atoms with Crippen LogP contribution < -0.4 is 0 Å². The Hall–Kier alpha value is -0.220. The molecule has 0 spiro atoms. The van der Waals surface area contributed by atoms with Gasteiger partial charge in [0.2, 0.25) is 0 Å². The molecular formula is C12H20O3S. The molecule has 92 valence electrons. The fourth-order valence-corrected chi connectivity index (χ4v) is 4.74. The topological polar surface area (TPSA) is 57.5 Å². The van der Waals surface area contributed by atoms with Gasteiger partial charge in [0.05, 0.1) is 5.60 Å². The first kappa shape index (κ1) is 12.2. The van der Waals surface area contributed by atoms with Gasteiger partial charge in [-0.25, -0.2) is 0 Å². The van der Waals surface area contributed by atoms with E-state index >= 15 is 0 Å². The van der Waals surface area contributed by atoms with E-state index in [1.807, 2.05) is 0 Å². The molecule has 0 aromatic heterocycles. The van der Waals surface area contributed by atoms with Crippen LogP contribution in [0.2, 0.25) is 0 Å². The van der Waals surface area contributed by atoms with E-state index in [1.165, 1.54) is 0 Å². The second-order valence-corrected chi connectivity index (χ2v) is 7.17. The summed E-state index contributed by atoms with van der Waals surface area (Å²) < 4.78 is 0. The van der Waals surface area contributed by atoms with Crippen LogP contribution in [-0.2, 0) is 4.79 Å². The van der Waals surface area contributed by atoms with Gasteiger partial charge in [-0.05, 0) is 36.9 Å². The Bertz CT molecular complexity index is 307. The summed E-state index contributed by atoms with van der Waals surface area (Å²) in [5, 5.41) is 20.2. The number of aliphatic hydroxyl groups is 1. The second kappa shape index (κ2) is 3.64. The van der Waals surface area contributed by atoms with Gasteiger partial charge in [-0.15, -0.1) is 0 Å². The van der Waals surface area contributed by atoms with Crippen LogP contribution >= 0.6 is 11.8 Å². The standard InChI is InChI=1S/C12H20O3S/c1-10(2)3-4-12(15,7-10)11(9(13)14)5-6-16-8-11/h15H,3-8H2,1-2H3,(H,13,14). The number of carboxylic acid groups (broad SMARTS) is 1. The van der Waals surface area contributed by atoms with Gasteiger partial charge in [0.15, 0.2) is 0 Å². The average Bonchev–Trinajstić information content (AvgIpc) is 2.72. The van der Waals surface area contributed by atoms with E-state index in [-0.39, 0.29) is 5.41 Å². The maximum atomic E-state index is 11.6. The molecule has 0 radical (unpaired) electrons. The number of carboxylic acids is 1. The minimum atomic E-state index is -0.994. The van der Waals surface area contributed by atoms with Crippen molar-refractivity contribution in [3.8, 4) is 0 Å². The van der Waals surface area contributed by atoms with Crippen LogP contribution in [0.3, 0.4) is 0 Å². The molecule has 1 saturated heterocycles. The number of thioether (sulfide) groups is 1. The van der Waals surface area contributed by atoms with Gasteiger partial charge in [-0.1, -0.05) is 13.8 Å². The van der Waals surface area contributed by atoms with Crippen molar-refractivity contribution < 1.29 is 15.0 Å². The number of hydrogen-bond acceptors (Lipinski definition) is 3. The highest BCUT2D eigenvalue weighted by Gasteiger charge is 2.61. The van der Waals surface area contributed by atoms with Crippen LogP contribution in [0.25, 0.3) is 0 Å². The number of rotatable bonds is 2. The molecule has 3 nitrogen and oxygen atoms in total. The SMILES string of the molecule is CC1(C)CCC(O)(C2(C(=O)O)CCSC2)C1. The molecular weight excluding hydrogens is 224 g/mol. The monoisotopic (exact) mass is 244 g/mol. The molecule has 1 heterocycles. The van der Waals surface area contributed by atoms with Crippen LogP contribution in [0.1, 0.15) is 39.5 Å². The van der Waals surface area contributed by atoms with Crippen LogP contribution in [-0.4, -0.2) is 33.3 Å². The summed E-state index contributed by atoms with van der Waals surface area (Å²) in [6.07, 6.45) is 2.78. The molecule has 1 saturated carbocycles. The molecule has 4 heteroatoms. The van der Waals surface area contributed by atoms with E-state index in [4.69, 9.17) is 0 Å². The Morgan fingerprint density at radius 2 is 1.94 bits per heavy atom. The van der Waals surface area contributed by atoms with Crippen molar-refractivity contribution in [3.05, 3.63) is 0 Å². The first-order valence-corrected chi connectivity index (χ1v) is 7.00. The second-order valence-electron chi connectivity index (χ2n) is 6.06. The molecule has 0 amide bonds. The quantitative estimate of drug-likeness (QED) is 0.781. The van der Waals surface area contributed by atoms with E-state index < -0.39 is 17.0 Å². The minimum Gasteiger partial charge on any atom is -0.481 e. The lowest BCUT2D eigenvalue weighted by Crippen LogP contribution is -2.52. The van der Waals surface area contributed by atoms with Gasteiger partial charge >= 0.3 is 5.97 Å². The van der Waals surface area contributed by atoms with Gasteiger partial charge in [-0.2, -0.15) is 11.8 Å². The van der Waals surface area contributed by atoms with E-state index in [9.17, 15) is 15.0 Å². The Morgan fingerprint density at radius 3 is 2.31 bits per heavy atom. The van der Waals surface area contributed by atoms with Gasteiger partial charge < -0.3 is 10.2 Å². The fraction of sp³-hybridized carbons (Fsp3) is 0.917. The molecule has 1 aliphatic heterocycles. The summed E-state index contributed by atoms with van der Waals surface area (Å²) in [6.45, 7) is 4.23. The molecule has 2 rings (SSSR count). The van der Waals surface area contributed by atoms with Gasteiger partial charge in [0, 0.05) is 5.75 Å². The van der Waals surface area contributed by atoms with Crippen LogP contribution in [0.5, 0.6) is 0 Å². The zero-order valence-electron chi connectivity index (χ0n) is 9.95. The summed E-state index contributed by atoms with van der Waals surface area (Å²) in [4.78, 5) is 11.6. The van der Waals surface area contributed by atoms with E-state index in [2.05, 4.69) is 13.8 Å². The third-order valence-corrected chi connectivity index (χ3v) is 5.50. The summed E-state index contributed by atoms with van der Waals surface area (Å²) in [6, 6.07) is 0. The van der Waals surface area contributed by atoms with Crippen molar-refractivity contribution in [2.75, 3.05) is 11.5 Å². The van der Waals surface area contributed by atoms with E-state index in [0.717, 1.165) is 12.2 Å². The largest absolute Gasteiger partial charge is 0.481 e. The van der Waals surface area contributed by atoms with Gasteiger partial charge in [-0.3, -0.25) is 4.79 Å². The summed E-state index contributed by atoms with van der Waals surface area (Å²) in [5.74, 6) is 0.613. The zero-order valence-corrected chi connectivity index (χ0v) is 10.8. The van der Waals surface area contributed by atoms with Gasteiger partial charge in [0.1, 0.15) is 5.41 Å². The Morgan fingerprint density at radius 1 is 1.25 bits per heavy atom. The molecule has 2 unspecified atom stereocenters. The minimum absolute atomic E-state index is 0.0739. The fourth-order valence-electron chi connectivity index (χ4n) is 3.22. The van der Waals surface area contributed by atoms with E-state index in [0.29, 0.717) is 25.0 Å². The number of carbonyl (C=O) groups is 1. The summed E-state index contributed by atoms with van der Waals surface area (Å²) in [7, 11) is 0. The van der Waals surface area contributed by atoms with Gasteiger partial charge in [0.25, 0.3) is 0 Å². The lowest BCUT2D eigenvalue weighted by atomic mass is 9.69. The number of aliphatic carboxylic acids is 1. The Balaban J connectivity index is 2.31. The molecule has 0 aromatic rings. The van der Waals surface area contributed by atoms with Crippen molar-refractivity contribution in [3.63, 3.8) is 0 Å². The first-order chi connectivity index (χ1) is 7.31. The third kappa shape index (κ3) is 1.66. The van der Waals surface area contributed by atoms with E-state index in [1.54, 1.807) is 11.8 Å². The zero-order chi connectivity index (χ0) is 12.0. The normalized spacial score (nSPS) is 42.4. The average molecular weight is 244 g/mol. The lowest BCUT2D eigenvalue weighted by molar-refractivity contribution is -0.166. The molecule has 1 aliphatic carbocycles. The smallest absolute Gasteiger partial charge is 0.313 e. The summed E-state index contributed by atoms with van der Waals surface area (Å²) in [5.41, 5.74) is -1.82. The van der Waals surface area contributed by atoms with Crippen molar-refractivity contribution in [2.45, 2.75) is 45.1 Å². The predicted molar refractivity (Wildman–Crippen MR) is 64.6 cm³/mol. The highest BCUT2D eigenvalue weighted by molar-refractivity contribution is 7.99. The highest BCUT2D eigenvalue weighted by atomic mass is 32.2. The van der Waals surface area contributed by atoms with Crippen LogP contribution in [0.15, 0.2) is 0 Å². The van der Waals surface area contributed by atoms with Crippen molar-refractivity contribution in [2.24, 2.45) is 10.8 Å². The number of hydrogen-bond donors (Lipinski definition) is 2. The van der Waals surface area contributed by atoms with Crippen molar-refractivity contribution in [1.29, 1.82) is 0 Å². The Kier molecular flexibility index (Phi) is 2.78. The van der Waals surface area contributed by atoms with Crippen molar-refractivity contribution in [1.82, 2.24) is 0 Å². The maximum Gasteiger partial charge on any atom is 0.313 e. The molecule has 2 aliphatic rings. The third-order valence-electron chi connectivity index (χ3n) is 4.31. The molecule has 2 fully saturated rings. The van der Waals surface area contributed by atoms with Crippen LogP contribution in [0.4, 0.5) is 0 Å². The molecule has 0 aromatic carbocycles. The molecule has 2 N–H and O–H groups in total. The predicted octanol–water partition coefficient (Wildman–Crippen LogP) is 2.14. The molecule has 16 heavy (non-hydrogen) atoms. The van der Waals surface area contributed by atoms with Crippen molar-refractivity contribution >= 4 is 17.7 Å². The lowest BCUT2D eigenvalue weighted by Gasteiger charge is -2.39. The maximum absolute atomic E-state index is 11.6. The molecule has 0 bridgehead atoms. The van der Waals surface area contributed by atoms with Crippen LogP contribution in [0, 0.1) is 10.8 Å².